The molecule has 5 rings (SSSR count). The minimum Gasteiger partial charge on any atom is -0.489 e. The van der Waals surface area contributed by atoms with Crippen molar-refractivity contribution in [1.29, 1.82) is 0 Å². The number of rotatable bonds is 6. The predicted octanol–water partition coefficient (Wildman–Crippen LogP) is -3.77. The first-order chi connectivity index (χ1) is 18.6. The highest BCUT2D eigenvalue weighted by atomic mass is 16.5. The van der Waals surface area contributed by atoms with Crippen LogP contribution in [0.1, 0.15) is 45.8 Å². The van der Waals surface area contributed by atoms with Crippen molar-refractivity contribution in [2.75, 3.05) is 19.8 Å². The summed E-state index contributed by atoms with van der Waals surface area (Å²) < 4.78 is 11.2. The van der Waals surface area contributed by atoms with Gasteiger partial charge in [-0.3, -0.25) is 24.5 Å². The molecular formula is C25H20B5N3O6. The van der Waals surface area contributed by atoms with Crippen molar-refractivity contribution < 1.29 is 28.7 Å². The molecule has 4 amide bonds. The van der Waals surface area contributed by atoms with Gasteiger partial charge in [-0.05, 0) is 29.7 Å². The third-order valence-corrected chi connectivity index (χ3v) is 7.38. The summed E-state index contributed by atoms with van der Waals surface area (Å²) >= 11 is 0. The number of fused-ring (bicyclic) bond motifs is 1. The van der Waals surface area contributed by atoms with Crippen LogP contribution in [0.2, 0.25) is 0 Å². The maximum atomic E-state index is 13.1. The molecule has 10 radical (unpaired) electrons. The van der Waals surface area contributed by atoms with Crippen molar-refractivity contribution in [3.05, 3.63) is 40.5 Å². The van der Waals surface area contributed by atoms with Crippen LogP contribution in [0.15, 0.2) is 18.2 Å². The van der Waals surface area contributed by atoms with Gasteiger partial charge in [0.1, 0.15) is 64.2 Å². The van der Waals surface area contributed by atoms with Gasteiger partial charge in [0, 0.05) is 30.0 Å². The molecule has 3 aliphatic rings. The maximum absolute atomic E-state index is 13.1. The van der Waals surface area contributed by atoms with Crippen LogP contribution in [0.3, 0.4) is 0 Å². The van der Waals surface area contributed by atoms with Gasteiger partial charge in [0.05, 0.1) is 13.2 Å². The number of nitrogens with one attached hydrogen (secondary N) is 1. The van der Waals surface area contributed by atoms with Gasteiger partial charge in [-0.2, -0.15) is 0 Å². The number of morpholine rings is 1. The summed E-state index contributed by atoms with van der Waals surface area (Å²) in [5.74, 6) is -2.07. The minimum atomic E-state index is -0.970. The van der Waals surface area contributed by atoms with Crippen molar-refractivity contribution in [3.8, 4) is 5.75 Å². The summed E-state index contributed by atoms with van der Waals surface area (Å²) in [6.07, 6.45) is 0.400. The van der Waals surface area contributed by atoms with Crippen LogP contribution >= 0.6 is 0 Å². The number of imide groups is 1. The van der Waals surface area contributed by atoms with E-state index in [4.69, 9.17) is 48.7 Å². The lowest BCUT2D eigenvalue weighted by Crippen LogP contribution is -2.53. The zero-order valence-electron chi connectivity index (χ0n) is 21.1. The van der Waals surface area contributed by atoms with Gasteiger partial charge in [-0.25, -0.2) is 0 Å². The largest absolute Gasteiger partial charge is 0.489 e. The van der Waals surface area contributed by atoms with Crippen molar-refractivity contribution >= 4 is 84.7 Å². The lowest BCUT2D eigenvalue weighted by molar-refractivity contribution is -0.143. The molecular weight excluding hydrogens is 492 g/mol. The number of carbonyl (C=O) groups excluding carboxylic acids is 4. The zero-order valence-corrected chi connectivity index (χ0v) is 21.1. The Bertz CT molecular complexity index is 1370. The number of hydrogen-bond acceptors (Lipinski definition) is 6. The second-order valence-corrected chi connectivity index (χ2v) is 9.60. The van der Waals surface area contributed by atoms with E-state index in [1.807, 2.05) is 0 Å². The Balaban J connectivity index is 1.38. The van der Waals surface area contributed by atoms with E-state index in [1.165, 1.54) is 9.80 Å². The van der Waals surface area contributed by atoms with Gasteiger partial charge >= 0.3 is 0 Å². The fraction of sp³-hybridized carbons (Fsp3) is 0.360. The number of nitrogens with zero attached hydrogens (tertiary/aromatic N) is 2. The molecule has 9 nitrogen and oxygen atoms in total. The average Bonchev–Trinajstić information content (AvgIpc) is 3.24. The Morgan fingerprint density at radius 3 is 2.44 bits per heavy atom. The summed E-state index contributed by atoms with van der Waals surface area (Å²) in [5.41, 5.74) is 1.97. The first kappa shape index (κ1) is 27.2. The summed E-state index contributed by atoms with van der Waals surface area (Å²) in [6, 6.07) is 4.25. The van der Waals surface area contributed by atoms with Crippen LogP contribution in [0.25, 0.3) is 0 Å². The van der Waals surface area contributed by atoms with Gasteiger partial charge in [-0.1, -0.05) is 27.9 Å². The molecule has 2 aromatic rings. The van der Waals surface area contributed by atoms with Crippen LogP contribution < -0.4 is 31.9 Å². The van der Waals surface area contributed by atoms with Gasteiger partial charge in [0.25, 0.3) is 5.91 Å². The van der Waals surface area contributed by atoms with Crippen LogP contribution in [-0.4, -0.2) is 98.5 Å². The molecule has 14 heteroatoms. The molecule has 186 valence electrons. The Morgan fingerprint density at radius 2 is 1.77 bits per heavy atom. The molecule has 2 atom stereocenters. The number of amides is 4. The Hall–Kier alpha value is -3.40. The number of carbonyl (C=O) groups is 4. The third kappa shape index (κ3) is 4.79. The SMILES string of the molecule is [B]c1c([B])c(C([B])N2CCOCC2=O)c([B])c([B])c1COc1cccc2c1CN(C1CCC(=O)NC1=O)C2=O. The van der Waals surface area contributed by atoms with Crippen molar-refractivity contribution in [1.82, 2.24) is 15.1 Å². The summed E-state index contributed by atoms with van der Waals surface area (Å²) in [5, 5.41) is 2.28. The quantitative estimate of drug-likeness (QED) is 0.315. The Morgan fingerprint density at radius 1 is 1.05 bits per heavy atom. The molecule has 0 bridgehead atoms. The maximum Gasteiger partial charge on any atom is 0.255 e. The van der Waals surface area contributed by atoms with E-state index < -0.39 is 17.9 Å². The fourth-order valence-corrected chi connectivity index (χ4v) is 5.20. The van der Waals surface area contributed by atoms with E-state index in [9.17, 15) is 19.2 Å². The number of piperidine rings is 1. The lowest BCUT2D eigenvalue weighted by atomic mass is 9.61. The van der Waals surface area contributed by atoms with Gasteiger partial charge in [0.2, 0.25) is 17.7 Å². The molecule has 3 aliphatic heterocycles. The molecule has 3 heterocycles. The Labute approximate surface area is 232 Å². The van der Waals surface area contributed by atoms with E-state index in [2.05, 4.69) is 5.32 Å². The second-order valence-electron chi connectivity index (χ2n) is 9.60. The van der Waals surface area contributed by atoms with E-state index in [-0.39, 0.29) is 84.3 Å². The summed E-state index contributed by atoms with van der Waals surface area (Å²) in [6.45, 7) is 0.488. The van der Waals surface area contributed by atoms with Crippen LogP contribution in [0.4, 0.5) is 0 Å². The molecule has 2 unspecified atom stereocenters. The van der Waals surface area contributed by atoms with Crippen LogP contribution in [0.5, 0.6) is 5.75 Å². The molecule has 0 saturated carbocycles. The molecule has 2 fully saturated rings. The Kier molecular flexibility index (Phi) is 7.42. The molecule has 0 aromatic heterocycles. The highest BCUT2D eigenvalue weighted by molar-refractivity contribution is 6.58. The van der Waals surface area contributed by atoms with E-state index >= 15 is 0 Å². The standard InChI is InChI=1S/C25H20B5N3O6/c26-19-13(20(27)22(29)18(21(19)28)23(30)32-6-7-38-10-17(32)35)9-39-15-3-1-2-11-12(15)8-33(25(11)37)14-4-5-16(34)31-24(14)36/h1-3,14,23H,4-10H2,(H,31,34,36). The number of ether oxygens (including phenoxy) is 2. The first-order valence-electron chi connectivity index (χ1n) is 12.4. The molecule has 1 N–H and O–H groups in total. The second kappa shape index (κ2) is 10.6. The van der Waals surface area contributed by atoms with Crippen LogP contribution in [-0.2, 0) is 32.3 Å². The number of benzene rings is 2. The smallest absolute Gasteiger partial charge is 0.255 e. The predicted molar refractivity (Wildman–Crippen MR) is 146 cm³/mol. The zero-order chi connectivity index (χ0) is 28.0. The summed E-state index contributed by atoms with van der Waals surface area (Å²) in [4.78, 5) is 52.1. The van der Waals surface area contributed by atoms with E-state index in [1.54, 1.807) is 18.2 Å². The monoisotopic (exact) mass is 513 g/mol. The van der Waals surface area contributed by atoms with Gasteiger partial charge in [-0.15, -0.1) is 0 Å². The fourth-order valence-electron chi connectivity index (χ4n) is 5.20. The molecule has 39 heavy (non-hydrogen) atoms. The molecule has 2 aromatic carbocycles. The molecule has 0 aliphatic carbocycles. The van der Waals surface area contributed by atoms with Gasteiger partial charge in [0.15, 0.2) is 0 Å². The third-order valence-electron chi connectivity index (χ3n) is 7.38. The molecule has 2 saturated heterocycles. The van der Waals surface area contributed by atoms with Gasteiger partial charge < -0.3 is 19.3 Å². The normalized spacial score (nSPS) is 20.2. The first-order valence-corrected chi connectivity index (χ1v) is 12.4. The van der Waals surface area contributed by atoms with Crippen molar-refractivity contribution in [2.45, 2.75) is 38.0 Å². The minimum absolute atomic E-state index is 0.0876. The highest BCUT2D eigenvalue weighted by Crippen LogP contribution is 2.33. The average molecular weight is 513 g/mol. The van der Waals surface area contributed by atoms with E-state index in [0.29, 0.717) is 29.0 Å². The van der Waals surface area contributed by atoms with Crippen molar-refractivity contribution in [3.63, 3.8) is 0 Å². The van der Waals surface area contributed by atoms with E-state index in [0.717, 1.165) is 0 Å². The molecule has 0 spiro atoms. The highest BCUT2D eigenvalue weighted by Gasteiger charge is 2.40. The lowest BCUT2D eigenvalue weighted by Gasteiger charge is -2.36. The van der Waals surface area contributed by atoms with Crippen molar-refractivity contribution in [2.24, 2.45) is 0 Å². The summed E-state index contributed by atoms with van der Waals surface area (Å²) in [7, 11) is 31.7. The van der Waals surface area contributed by atoms with Crippen LogP contribution in [0, 0.1) is 0 Å². The topological polar surface area (TPSA) is 105 Å². The number of hydrogen-bond donors (Lipinski definition) is 1.